The highest BCUT2D eigenvalue weighted by atomic mass is 16.8. The molecule has 0 bridgehead atoms. The Bertz CT molecular complexity index is 1820. The summed E-state index contributed by atoms with van der Waals surface area (Å²) < 4.78 is 36.2. The van der Waals surface area contributed by atoms with E-state index in [4.69, 9.17) is 28.4 Å². The monoisotopic (exact) mass is 943 g/mol. The Morgan fingerprint density at radius 2 is 1.30 bits per heavy atom. The van der Waals surface area contributed by atoms with Crippen LogP contribution in [0.15, 0.2) is 11.6 Å². The van der Waals surface area contributed by atoms with Gasteiger partial charge in [-0.05, 0) is 104 Å². The molecule has 5 aliphatic carbocycles. The van der Waals surface area contributed by atoms with Gasteiger partial charge in [-0.15, -0.1) is 0 Å². The molecule has 378 valence electrons. The molecule has 0 aromatic rings. The number of carboxylic acid groups (broad SMARTS) is 1. The molecule has 0 radical (unpaired) electrons. The van der Waals surface area contributed by atoms with Crippen LogP contribution < -0.4 is 0 Å². The molecule has 8 rings (SSSR count). The Kier molecular flexibility index (Phi) is 13.7. The molecule has 0 aromatic carbocycles. The lowest BCUT2D eigenvalue weighted by atomic mass is 9.33. The molecule has 25 atom stereocenters. The number of hydrogen-bond donors (Lipinski definition) is 11. The predicted octanol–water partition coefficient (Wildman–Crippen LogP) is 0.705. The summed E-state index contributed by atoms with van der Waals surface area (Å²) in [6.07, 6.45) is -17.6. The standard InChI is InChI=1S/C48H78O18/c1-21-29(52)31(54)35(58)40(61-21)65-37-32(55)30(53)24(19-49)62-41(37)66-38-34(57)33(56)36(39(59)60)64-42(38)63-28-12-13-45(5)25(46(28,6)20-50)11-14-48(8)26(45)10-9-22-23-17-43(2,3)18-27(51)44(23,4)15-16-47(22,48)7/h9,21,23-38,40-42,49-58H,10-20H2,1-8H3,(H,59,60)/t21-,23-,24+,25+,26+,27+,28-,29-,30-,31+,32-,33-,34-,35+,36-,37+,38+,40-,41-,42+,44+,45-,46+,47+,48+/m1/s1. The van der Waals surface area contributed by atoms with Gasteiger partial charge in [0.05, 0.1) is 31.5 Å². The van der Waals surface area contributed by atoms with Gasteiger partial charge in [-0.2, -0.15) is 0 Å². The molecule has 11 N–H and O–H groups in total. The molecule has 18 nitrogen and oxygen atoms in total. The van der Waals surface area contributed by atoms with Gasteiger partial charge in [-0.3, -0.25) is 0 Å². The molecule has 0 amide bonds. The van der Waals surface area contributed by atoms with Gasteiger partial charge in [0, 0.05) is 10.8 Å². The maximum atomic E-state index is 12.5. The van der Waals surface area contributed by atoms with E-state index in [-0.39, 0.29) is 57.5 Å². The minimum Gasteiger partial charge on any atom is -0.479 e. The highest BCUT2D eigenvalue weighted by Crippen LogP contribution is 2.76. The van der Waals surface area contributed by atoms with Gasteiger partial charge in [0.25, 0.3) is 0 Å². The molecular weight excluding hydrogens is 865 g/mol. The maximum Gasteiger partial charge on any atom is 0.335 e. The predicted molar refractivity (Wildman–Crippen MR) is 231 cm³/mol. The average Bonchev–Trinajstić information content (AvgIpc) is 3.25. The summed E-state index contributed by atoms with van der Waals surface area (Å²) in [6, 6.07) is 0. The Morgan fingerprint density at radius 1 is 0.667 bits per heavy atom. The van der Waals surface area contributed by atoms with Gasteiger partial charge in [0.1, 0.15) is 61.0 Å². The van der Waals surface area contributed by atoms with Crippen LogP contribution in [0.4, 0.5) is 0 Å². The molecule has 18 heteroatoms. The van der Waals surface area contributed by atoms with Gasteiger partial charge in [-0.1, -0.05) is 60.1 Å². The van der Waals surface area contributed by atoms with Crippen molar-refractivity contribution < 1.29 is 89.4 Å². The van der Waals surface area contributed by atoms with Crippen molar-refractivity contribution in [1.29, 1.82) is 0 Å². The van der Waals surface area contributed by atoms with Crippen LogP contribution in [0.2, 0.25) is 0 Å². The van der Waals surface area contributed by atoms with E-state index in [2.05, 4.69) is 47.6 Å². The zero-order valence-electron chi connectivity index (χ0n) is 39.7. The summed E-state index contributed by atoms with van der Waals surface area (Å²) in [5.74, 6) is -1.16. The number of ether oxygens (including phenoxy) is 6. The van der Waals surface area contributed by atoms with Gasteiger partial charge in [0.15, 0.2) is 25.0 Å². The number of aliphatic hydroxyl groups is 10. The van der Waals surface area contributed by atoms with Crippen LogP contribution in [-0.2, 0) is 33.2 Å². The van der Waals surface area contributed by atoms with Crippen LogP contribution in [0.3, 0.4) is 0 Å². The lowest BCUT2D eigenvalue weighted by Crippen LogP contribution is -2.68. The molecule has 0 unspecified atom stereocenters. The maximum absolute atomic E-state index is 12.5. The van der Waals surface area contributed by atoms with E-state index < -0.39 is 116 Å². The summed E-state index contributed by atoms with van der Waals surface area (Å²) >= 11 is 0. The van der Waals surface area contributed by atoms with E-state index in [9.17, 15) is 61.0 Å². The number of aliphatic hydroxyl groups excluding tert-OH is 10. The molecule has 0 aromatic heterocycles. The van der Waals surface area contributed by atoms with Crippen molar-refractivity contribution in [3.8, 4) is 0 Å². The Balaban J connectivity index is 1.08. The van der Waals surface area contributed by atoms with Crippen molar-refractivity contribution in [3.63, 3.8) is 0 Å². The number of aliphatic carboxylic acids is 1. The first-order valence-electron chi connectivity index (χ1n) is 24.3. The second-order valence-corrected chi connectivity index (χ2v) is 23.6. The number of allylic oxidation sites excluding steroid dienone is 2. The van der Waals surface area contributed by atoms with Crippen molar-refractivity contribution in [2.24, 2.45) is 50.2 Å². The second-order valence-electron chi connectivity index (χ2n) is 23.6. The van der Waals surface area contributed by atoms with Crippen LogP contribution in [0.5, 0.6) is 0 Å². The molecule has 8 aliphatic rings. The van der Waals surface area contributed by atoms with Crippen LogP contribution >= 0.6 is 0 Å². The summed E-state index contributed by atoms with van der Waals surface area (Å²) in [5, 5.41) is 120. The number of carboxylic acids is 1. The van der Waals surface area contributed by atoms with Crippen LogP contribution in [0.1, 0.15) is 113 Å². The second kappa shape index (κ2) is 17.7. The highest BCUT2D eigenvalue weighted by molar-refractivity contribution is 5.73. The average molecular weight is 943 g/mol. The number of hydrogen-bond acceptors (Lipinski definition) is 17. The molecule has 4 saturated carbocycles. The van der Waals surface area contributed by atoms with E-state index in [1.165, 1.54) is 12.5 Å². The van der Waals surface area contributed by atoms with Gasteiger partial charge in [-0.25, -0.2) is 4.79 Å². The first-order valence-corrected chi connectivity index (χ1v) is 24.3. The number of rotatable bonds is 9. The van der Waals surface area contributed by atoms with Crippen molar-refractivity contribution in [2.45, 2.75) is 218 Å². The van der Waals surface area contributed by atoms with Crippen molar-refractivity contribution in [3.05, 3.63) is 11.6 Å². The van der Waals surface area contributed by atoms with E-state index in [1.807, 2.05) is 6.92 Å². The van der Waals surface area contributed by atoms with E-state index in [0.29, 0.717) is 12.8 Å². The van der Waals surface area contributed by atoms with Gasteiger partial charge >= 0.3 is 5.97 Å². The smallest absolute Gasteiger partial charge is 0.335 e. The molecular formula is C48H78O18. The highest BCUT2D eigenvalue weighted by Gasteiger charge is 2.70. The van der Waals surface area contributed by atoms with Gasteiger partial charge < -0.3 is 84.6 Å². The van der Waals surface area contributed by atoms with Crippen molar-refractivity contribution >= 4 is 5.97 Å². The number of fused-ring (bicyclic) bond motifs is 7. The quantitative estimate of drug-likeness (QED) is 0.112. The Hall–Kier alpha value is -1.43. The first kappa shape index (κ1) is 50.9. The fourth-order valence-corrected chi connectivity index (χ4v) is 15.1. The fraction of sp³-hybridized carbons (Fsp3) is 0.938. The summed E-state index contributed by atoms with van der Waals surface area (Å²) in [4.78, 5) is 12.5. The topological polar surface area (TPSA) is 295 Å². The van der Waals surface area contributed by atoms with E-state index in [1.54, 1.807) is 0 Å². The minimum absolute atomic E-state index is 0.0166. The molecule has 3 aliphatic heterocycles. The third-order valence-corrected chi connectivity index (χ3v) is 19.5. The van der Waals surface area contributed by atoms with Crippen LogP contribution in [0, 0.1) is 50.2 Å². The molecule has 0 spiro atoms. The lowest BCUT2D eigenvalue weighted by Gasteiger charge is -2.72. The van der Waals surface area contributed by atoms with Crippen molar-refractivity contribution in [2.75, 3.05) is 13.2 Å². The summed E-state index contributed by atoms with van der Waals surface area (Å²) in [7, 11) is 0. The SMILES string of the molecule is C[C@H]1O[C@H](O[C@@H]2[C@@H](O[C@@H]3[C@@H](O[C@@H]4CC[C@]5(C)[C@H](CC[C@@]6(C)[C@H]5CC=C5[C@H]7CC(C)(C)C[C@H](O)[C@@]7(C)CC[C@@]56C)[C@]4(C)CO)O[C@@H](C(=O)O)[C@H](O)[C@H]3O)O[C@@H](CO)[C@@H](O)[C@H]2O)[C@@H](O)[C@@H](O)[C@@H]1O. The van der Waals surface area contributed by atoms with Crippen molar-refractivity contribution in [1.82, 2.24) is 0 Å². The first-order chi connectivity index (χ1) is 30.7. The zero-order valence-corrected chi connectivity index (χ0v) is 39.7. The van der Waals surface area contributed by atoms with E-state index >= 15 is 0 Å². The fourth-order valence-electron chi connectivity index (χ4n) is 15.1. The summed E-state index contributed by atoms with van der Waals surface area (Å²) in [5.41, 5.74) is -0.0545. The minimum atomic E-state index is -2.07. The molecule has 3 heterocycles. The third kappa shape index (κ3) is 7.78. The molecule has 66 heavy (non-hydrogen) atoms. The molecule has 3 saturated heterocycles. The Labute approximate surface area is 387 Å². The Morgan fingerprint density at radius 3 is 1.94 bits per heavy atom. The number of carbonyl (C=O) groups is 1. The lowest BCUT2D eigenvalue weighted by molar-refractivity contribution is -0.396. The van der Waals surface area contributed by atoms with Gasteiger partial charge in [0.2, 0.25) is 0 Å². The van der Waals surface area contributed by atoms with Crippen LogP contribution in [-0.4, -0.2) is 180 Å². The third-order valence-electron chi connectivity index (χ3n) is 19.5. The largest absolute Gasteiger partial charge is 0.479 e. The summed E-state index contributed by atoms with van der Waals surface area (Å²) in [6.45, 7) is 16.3. The zero-order chi connectivity index (χ0) is 48.4. The normalized spacial score (nSPS) is 55.9. The molecule has 7 fully saturated rings. The van der Waals surface area contributed by atoms with Crippen LogP contribution in [0.25, 0.3) is 0 Å². The van der Waals surface area contributed by atoms with E-state index in [0.717, 1.165) is 44.9 Å².